The number of anilines is 1. The summed E-state index contributed by atoms with van der Waals surface area (Å²) in [6.07, 6.45) is 5.60. The molecule has 3 nitrogen and oxygen atoms in total. The van der Waals surface area contributed by atoms with Crippen LogP contribution in [0.3, 0.4) is 0 Å². The van der Waals surface area contributed by atoms with E-state index in [1.807, 2.05) is 12.3 Å². The lowest BCUT2D eigenvalue weighted by molar-refractivity contribution is 0.770. The molecule has 70 valence electrons. The third-order valence-corrected chi connectivity index (χ3v) is 2.23. The summed E-state index contributed by atoms with van der Waals surface area (Å²) in [6, 6.07) is 1.92. The Bertz CT molecular complexity index is 281. The highest BCUT2D eigenvalue weighted by Gasteiger charge is 2.22. The lowest BCUT2D eigenvalue weighted by atomic mass is 10.3. The van der Waals surface area contributed by atoms with E-state index < -0.39 is 0 Å². The molecule has 1 aliphatic rings. The van der Waals surface area contributed by atoms with Gasteiger partial charge in [-0.15, -0.1) is 0 Å². The number of aromatic nitrogens is 2. The monoisotopic (exact) mass is 177 g/mol. The highest BCUT2D eigenvalue weighted by molar-refractivity contribution is 5.32. The average molecular weight is 177 g/mol. The van der Waals surface area contributed by atoms with Gasteiger partial charge in [0.05, 0.1) is 0 Å². The van der Waals surface area contributed by atoms with Gasteiger partial charge in [0.1, 0.15) is 11.6 Å². The van der Waals surface area contributed by atoms with Crippen molar-refractivity contribution < 1.29 is 0 Å². The summed E-state index contributed by atoms with van der Waals surface area (Å²) in [6.45, 7) is 2.99. The molecule has 0 spiro atoms. The fraction of sp³-hybridized carbons (Fsp3) is 0.600. The second-order valence-corrected chi connectivity index (χ2v) is 3.54. The third-order valence-electron chi connectivity index (χ3n) is 2.23. The quantitative estimate of drug-likeness (QED) is 0.762. The van der Waals surface area contributed by atoms with Crippen molar-refractivity contribution in [2.45, 2.75) is 26.2 Å². The molecular formula is C10H15N3. The first-order valence-electron chi connectivity index (χ1n) is 4.94. The van der Waals surface area contributed by atoms with Gasteiger partial charge in [-0.2, -0.15) is 0 Å². The summed E-state index contributed by atoms with van der Waals surface area (Å²) < 4.78 is 0. The van der Waals surface area contributed by atoms with E-state index in [2.05, 4.69) is 22.2 Å². The lowest BCUT2D eigenvalue weighted by Gasteiger charge is -2.03. The van der Waals surface area contributed by atoms with Crippen molar-refractivity contribution in [1.29, 1.82) is 0 Å². The maximum absolute atomic E-state index is 4.42. The minimum Gasteiger partial charge on any atom is -0.370 e. The van der Waals surface area contributed by atoms with Gasteiger partial charge in [-0.05, 0) is 31.7 Å². The molecule has 0 aromatic carbocycles. The Kier molecular flexibility index (Phi) is 2.43. The van der Waals surface area contributed by atoms with Crippen LogP contribution in [0.5, 0.6) is 0 Å². The molecule has 0 radical (unpaired) electrons. The highest BCUT2D eigenvalue weighted by atomic mass is 15.0. The van der Waals surface area contributed by atoms with Crippen molar-refractivity contribution >= 4 is 5.82 Å². The van der Waals surface area contributed by atoms with Gasteiger partial charge in [0.2, 0.25) is 0 Å². The Hall–Kier alpha value is -1.12. The Morgan fingerprint density at radius 2 is 2.38 bits per heavy atom. The summed E-state index contributed by atoms with van der Waals surface area (Å²) in [4.78, 5) is 8.67. The molecule has 0 saturated heterocycles. The van der Waals surface area contributed by atoms with Gasteiger partial charge in [0.15, 0.2) is 0 Å². The van der Waals surface area contributed by atoms with Crippen molar-refractivity contribution in [3.05, 3.63) is 18.1 Å². The van der Waals surface area contributed by atoms with Crippen LogP contribution >= 0.6 is 0 Å². The Balaban J connectivity index is 2.02. The second-order valence-electron chi connectivity index (χ2n) is 3.54. The maximum Gasteiger partial charge on any atom is 0.130 e. The van der Waals surface area contributed by atoms with Crippen LogP contribution in [0.4, 0.5) is 5.82 Å². The van der Waals surface area contributed by atoms with Gasteiger partial charge in [-0.3, -0.25) is 0 Å². The zero-order valence-electron chi connectivity index (χ0n) is 7.95. The van der Waals surface area contributed by atoms with E-state index in [4.69, 9.17) is 0 Å². The minimum atomic E-state index is 0.858. The van der Waals surface area contributed by atoms with Crippen molar-refractivity contribution in [2.24, 2.45) is 5.92 Å². The van der Waals surface area contributed by atoms with E-state index in [1.165, 1.54) is 12.8 Å². The molecule has 1 N–H and O–H groups in total. The zero-order chi connectivity index (χ0) is 9.10. The van der Waals surface area contributed by atoms with Gasteiger partial charge >= 0.3 is 0 Å². The third kappa shape index (κ3) is 2.41. The van der Waals surface area contributed by atoms with Gasteiger partial charge in [0.25, 0.3) is 0 Å². The van der Waals surface area contributed by atoms with Crippen molar-refractivity contribution in [3.8, 4) is 0 Å². The predicted octanol–water partition coefficient (Wildman–Crippen LogP) is 1.86. The predicted molar refractivity (Wildman–Crippen MR) is 52.6 cm³/mol. The molecule has 1 aromatic heterocycles. The smallest absolute Gasteiger partial charge is 0.130 e. The zero-order valence-corrected chi connectivity index (χ0v) is 7.95. The second kappa shape index (κ2) is 3.73. The van der Waals surface area contributed by atoms with Crippen molar-refractivity contribution in [2.75, 3.05) is 11.9 Å². The molecular weight excluding hydrogens is 162 g/mol. The SMILES string of the molecule is CCNc1ccnc(CC2CC2)n1. The molecule has 0 atom stereocenters. The van der Waals surface area contributed by atoms with Gasteiger partial charge in [0, 0.05) is 19.2 Å². The fourth-order valence-electron chi connectivity index (χ4n) is 1.36. The van der Waals surface area contributed by atoms with Gasteiger partial charge in [-0.1, -0.05) is 0 Å². The molecule has 1 aromatic rings. The number of hydrogen-bond donors (Lipinski definition) is 1. The molecule has 13 heavy (non-hydrogen) atoms. The molecule has 0 amide bonds. The fourth-order valence-corrected chi connectivity index (χ4v) is 1.36. The lowest BCUT2D eigenvalue weighted by Crippen LogP contribution is -2.03. The number of nitrogens with one attached hydrogen (secondary N) is 1. The summed E-state index contributed by atoms with van der Waals surface area (Å²) in [7, 11) is 0. The largest absolute Gasteiger partial charge is 0.370 e. The Morgan fingerprint density at radius 1 is 1.54 bits per heavy atom. The Morgan fingerprint density at radius 3 is 3.08 bits per heavy atom. The van der Waals surface area contributed by atoms with Crippen LogP contribution < -0.4 is 5.32 Å². The van der Waals surface area contributed by atoms with Crippen LogP contribution in [0.1, 0.15) is 25.6 Å². The first kappa shape index (κ1) is 8.48. The Labute approximate surface area is 78.6 Å². The summed E-state index contributed by atoms with van der Waals surface area (Å²) in [5, 5.41) is 3.19. The standard InChI is InChI=1S/C10H15N3/c1-2-11-9-5-6-12-10(13-9)7-8-3-4-8/h5-6,8H,2-4,7H2,1H3,(H,11,12,13). The number of hydrogen-bond acceptors (Lipinski definition) is 3. The maximum atomic E-state index is 4.42. The van der Waals surface area contributed by atoms with Gasteiger partial charge < -0.3 is 5.32 Å². The summed E-state index contributed by atoms with van der Waals surface area (Å²) in [5.74, 6) is 2.80. The van der Waals surface area contributed by atoms with Crippen LogP contribution in [0.15, 0.2) is 12.3 Å². The summed E-state index contributed by atoms with van der Waals surface area (Å²) >= 11 is 0. The van der Waals surface area contributed by atoms with Crippen LogP contribution in [0.2, 0.25) is 0 Å². The number of rotatable bonds is 4. The molecule has 1 aliphatic carbocycles. The van der Waals surface area contributed by atoms with Crippen molar-refractivity contribution in [3.63, 3.8) is 0 Å². The molecule has 3 heteroatoms. The molecule has 0 aliphatic heterocycles. The van der Waals surface area contributed by atoms with E-state index in [0.29, 0.717) is 0 Å². The highest BCUT2D eigenvalue weighted by Crippen LogP contribution is 2.31. The molecule has 2 rings (SSSR count). The van der Waals surface area contributed by atoms with E-state index in [0.717, 1.165) is 30.5 Å². The van der Waals surface area contributed by atoms with Crippen LogP contribution in [0.25, 0.3) is 0 Å². The average Bonchev–Trinajstić information content (AvgIpc) is 2.90. The first-order valence-corrected chi connectivity index (χ1v) is 4.94. The minimum absolute atomic E-state index is 0.858. The molecule has 0 bridgehead atoms. The van der Waals surface area contributed by atoms with E-state index in [9.17, 15) is 0 Å². The molecule has 1 heterocycles. The van der Waals surface area contributed by atoms with Crippen LogP contribution in [0, 0.1) is 5.92 Å². The van der Waals surface area contributed by atoms with E-state index in [1.54, 1.807) is 0 Å². The van der Waals surface area contributed by atoms with E-state index in [-0.39, 0.29) is 0 Å². The van der Waals surface area contributed by atoms with Crippen LogP contribution in [-0.2, 0) is 6.42 Å². The normalized spacial score (nSPS) is 15.8. The van der Waals surface area contributed by atoms with Gasteiger partial charge in [-0.25, -0.2) is 9.97 Å². The summed E-state index contributed by atoms with van der Waals surface area (Å²) in [5.41, 5.74) is 0. The van der Waals surface area contributed by atoms with Crippen LogP contribution in [-0.4, -0.2) is 16.5 Å². The molecule has 1 fully saturated rings. The topological polar surface area (TPSA) is 37.8 Å². The number of nitrogens with zero attached hydrogens (tertiary/aromatic N) is 2. The molecule has 0 unspecified atom stereocenters. The first-order chi connectivity index (χ1) is 6.38. The van der Waals surface area contributed by atoms with E-state index >= 15 is 0 Å². The van der Waals surface area contributed by atoms with Crippen molar-refractivity contribution in [1.82, 2.24) is 9.97 Å². The molecule has 1 saturated carbocycles.